The van der Waals surface area contributed by atoms with Crippen LogP contribution in [0.1, 0.15) is 12.8 Å². The van der Waals surface area contributed by atoms with Gasteiger partial charge < -0.3 is 10.2 Å². The molecule has 1 heterocycles. The fourth-order valence-corrected chi connectivity index (χ4v) is 1.69. The molecule has 8 heteroatoms. The molecule has 1 aliphatic heterocycles. The van der Waals surface area contributed by atoms with Crippen LogP contribution in [0.2, 0.25) is 0 Å². The van der Waals surface area contributed by atoms with Gasteiger partial charge in [-0.25, -0.2) is 8.78 Å². The molecule has 0 aromatic carbocycles. The Balaban J connectivity index is 0.00000256. The second-order valence-electron chi connectivity index (χ2n) is 3.82. The first-order valence-corrected chi connectivity index (χ1v) is 5.01. The van der Waals surface area contributed by atoms with Crippen LogP contribution in [0.5, 0.6) is 0 Å². The van der Waals surface area contributed by atoms with Gasteiger partial charge in [-0.2, -0.15) is 8.78 Å². The van der Waals surface area contributed by atoms with Crippen molar-refractivity contribution in [3.05, 3.63) is 0 Å². The van der Waals surface area contributed by atoms with Crippen molar-refractivity contribution in [3.63, 3.8) is 0 Å². The third-order valence-electron chi connectivity index (χ3n) is 2.74. The van der Waals surface area contributed by atoms with Crippen molar-refractivity contribution in [3.8, 4) is 0 Å². The molecule has 1 saturated heterocycles. The van der Waals surface area contributed by atoms with Crippen molar-refractivity contribution in [1.82, 2.24) is 10.2 Å². The van der Waals surface area contributed by atoms with Gasteiger partial charge in [0.15, 0.2) is 0 Å². The van der Waals surface area contributed by atoms with Gasteiger partial charge in [0.1, 0.15) is 0 Å². The molecule has 0 unspecified atom stereocenters. The lowest BCUT2D eigenvalue weighted by Gasteiger charge is -2.33. The number of hydrogen-bond donors (Lipinski definition) is 1. The summed E-state index contributed by atoms with van der Waals surface area (Å²) in [6.07, 6.45) is -2.95. The molecule has 0 atom stereocenters. The van der Waals surface area contributed by atoms with Gasteiger partial charge in [-0.1, -0.05) is 0 Å². The van der Waals surface area contributed by atoms with Crippen LogP contribution in [0.25, 0.3) is 0 Å². The van der Waals surface area contributed by atoms with Crippen molar-refractivity contribution in [2.75, 3.05) is 20.1 Å². The highest BCUT2D eigenvalue weighted by atomic mass is 35.5. The Morgan fingerprint density at radius 3 is 2.24 bits per heavy atom. The van der Waals surface area contributed by atoms with Crippen LogP contribution in [0.4, 0.5) is 17.6 Å². The van der Waals surface area contributed by atoms with Gasteiger partial charge in [-0.3, -0.25) is 4.79 Å². The molecular formula is C9H15ClF4N2O. The van der Waals surface area contributed by atoms with Crippen molar-refractivity contribution in [2.45, 2.75) is 31.2 Å². The standard InChI is InChI=1S/C9H14F4N2O.ClH/c1-15(6-2-4-14-5-3-6)8(16)9(12,13)7(10)11;/h6-7,14H,2-5H2,1H3;1H. The number of nitrogens with one attached hydrogen (secondary N) is 1. The molecule has 102 valence electrons. The number of amides is 1. The number of piperidine rings is 1. The summed E-state index contributed by atoms with van der Waals surface area (Å²) in [5.74, 6) is -6.38. The Kier molecular flexibility index (Phi) is 6.18. The molecule has 3 nitrogen and oxygen atoms in total. The monoisotopic (exact) mass is 278 g/mol. The Hall–Kier alpha value is -0.560. The molecule has 1 fully saturated rings. The first-order chi connectivity index (χ1) is 7.37. The van der Waals surface area contributed by atoms with Crippen molar-refractivity contribution >= 4 is 18.3 Å². The summed E-state index contributed by atoms with van der Waals surface area (Å²) in [6, 6.07) is -0.390. The SMILES string of the molecule is CN(C(=O)C(F)(F)C(F)F)C1CCNCC1.Cl. The summed E-state index contributed by atoms with van der Waals surface area (Å²) in [5.41, 5.74) is 0. The molecule has 0 bridgehead atoms. The van der Waals surface area contributed by atoms with E-state index in [1.165, 1.54) is 0 Å². The predicted molar refractivity (Wildman–Crippen MR) is 56.9 cm³/mol. The molecule has 0 aromatic rings. The molecule has 0 spiro atoms. The summed E-state index contributed by atoms with van der Waals surface area (Å²) in [6.45, 7) is 1.20. The number of hydrogen-bond acceptors (Lipinski definition) is 2. The Morgan fingerprint density at radius 2 is 1.82 bits per heavy atom. The maximum absolute atomic E-state index is 12.8. The lowest BCUT2D eigenvalue weighted by atomic mass is 10.0. The zero-order valence-electron chi connectivity index (χ0n) is 9.26. The first kappa shape index (κ1) is 16.4. The van der Waals surface area contributed by atoms with E-state index in [2.05, 4.69) is 5.32 Å². The highest BCUT2D eigenvalue weighted by molar-refractivity contribution is 5.85. The fraction of sp³-hybridized carbons (Fsp3) is 0.889. The second kappa shape index (κ2) is 6.39. The van der Waals surface area contributed by atoms with Crippen molar-refractivity contribution in [1.29, 1.82) is 0 Å². The summed E-state index contributed by atoms with van der Waals surface area (Å²) in [5, 5.41) is 3.00. The van der Waals surface area contributed by atoms with Gasteiger partial charge in [0, 0.05) is 13.1 Å². The lowest BCUT2D eigenvalue weighted by molar-refractivity contribution is -0.181. The third kappa shape index (κ3) is 3.70. The van der Waals surface area contributed by atoms with Crippen molar-refractivity contribution < 1.29 is 22.4 Å². The fourth-order valence-electron chi connectivity index (χ4n) is 1.69. The smallest absolute Gasteiger partial charge is 0.337 e. The summed E-state index contributed by atoms with van der Waals surface area (Å²) in [4.78, 5) is 11.9. The minimum Gasteiger partial charge on any atom is -0.337 e. The summed E-state index contributed by atoms with van der Waals surface area (Å²) < 4.78 is 49.5. The van der Waals surface area contributed by atoms with E-state index in [0.717, 1.165) is 11.9 Å². The number of carbonyl (C=O) groups excluding carboxylic acids is 1. The zero-order chi connectivity index (χ0) is 12.3. The van der Waals surface area contributed by atoms with Crippen LogP contribution in [0.3, 0.4) is 0 Å². The number of carbonyl (C=O) groups is 1. The van der Waals surface area contributed by atoms with Crippen LogP contribution in [0.15, 0.2) is 0 Å². The van der Waals surface area contributed by atoms with Gasteiger partial charge in [-0.15, -0.1) is 12.4 Å². The molecule has 0 aromatic heterocycles. The Labute approximate surface area is 103 Å². The molecule has 1 rings (SSSR count). The van der Waals surface area contributed by atoms with E-state index in [1.807, 2.05) is 0 Å². The lowest BCUT2D eigenvalue weighted by Crippen LogP contribution is -2.52. The van der Waals surface area contributed by atoms with Gasteiger partial charge >= 0.3 is 12.3 Å². The molecule has 0 radical (unpaired) electrons. The number of alkyl halides is 4. The molecule has 17 heavy (non-hydrogen) atoms. The van der Waals surface area contributed by atoms with Gasteiger partial charge in [0.2, 0.25) is 0 Å². The molecule has 1 N–H and O–H groups in total. The van der Waals surface area contributed by atoms with E-state index in [4.69, 9.17) is 0 Å². The van der Waals surface area contributed by atoms with E-state index in [0.29, 0.717) is 25.9 Å². The summed E-state index contributed by atoms with van der Waals surface area (Å²) in [7, 11) is 1.15. The van der Waals surface area contributed by atoms with Gasteiger partial charge in [0.05, 0.1) is 0 Å². The maximum Gasteiger partial charge on any atom is 0.383 e. The molecule has 1 amide bonds. The predicted octanol–water partition coefficient (Wildman–Crippen LogP) is 1.52. The average molecular weight is 279 g/mol. The quantitative estimate of drug-likeness (QED) is 0.794. The Morgan fingerprint density at radius 1 is 1.35 bits per heavy atom. The van der Waals surface area contributed by atoms with Gasteiger partial charge in [-0.05, 0) is 25.9 Å². The third-order valence-corrected chi connectivity index (χ3v) is 2.74. The van der Waals surface area contributed by atoms with Crippen LogP contribution in [-0.4, -0.2) is 49.3 Å². The molecule has 1 aliphatic rings. The highest BCUT2D eigenvalue weighted by Gasteiger charge is 2.51. The normalized spacial score (nSPS) is 17.8. The number of rotatable bonds is 3. The highest BCUT2D eigenvalue weighted by Crippen LogP contribution is 2.26. The largest absolute Gasteiger partial charge is 0.383 e. The topological polar surface area (TPSA) is 32.3 Å². The van der Waals surface area contributed by atoms with Gasteiger partial charge in [0.25, 0.3) is 5.91 Å². The Bertz CT molecular complexity index is 259. The van der Waals surface area contributed by atoms with Crippen molar-refractivity contribution in [2.24, 2.45) is 0 Å². The van der Waals surface area contributed by atoms with Crippen LogP contribution < -0.4 is 5.32 Å². The van der Waals surface area contributed by atoms with Crippen LogP contribution >= 0.6 is 12.4 Å². The second-order valence-corrected chi connectivity index (χ2v) is 3.82. The van der Waals surface area contributed by atoms with Crippen LogP contribution in [0, 0.1) is 0 Å². The van der Waals surface area contributed by atoms with Crippen LogP contribution in [-0.2, 0) is 4.79 Å². The van der Waals surface area contributed by atoms with E-state index in [9.17, 15) is 22.4 Å². The minimum atomic E-state index is -4.58. The van der Waals surface area contributed by atoms with E-state index < -0.39 is 24.3 Å². The van der Waals surface area contributed by atoms with E-state index >= 15 is 0 Å². The zero-order valence-corrected chi connectivity index (χ0v) is 10.1. The molecule has 0 saturated carbocycles. The average Bonchev–Trinajstić information content (AvgIpc) is 2.28. The van der Waals surface area contributed by atoms with E-state index in [-0.39, 0.29) is 12.4 Å². The number of halogens is 5. The number of nitrogens with zero attached hydrogens (tertiary/aromatic N) is 1. The molecule has 0 aliphatic carbocycles. The molecular weight excluding hydrogens is 264 g/mol. The first-order valence-electron chi connectivity index (χ1n) is 5.01. The summed E-state index contributed by atoms with van der Waals surface area (Å²) >= 11 is 0. The van der Waals surface area contributed by atoms with E-state index in [1.54, 1.807) is 0 Å². The minimum absolute atomic E-state index is 0. The maximum atomic E-state index is 12.8.